The van der Waals surface area contributed by atoms with Crippen LogP contribution in [0.1, 0.15) is 18.4 Å². The zero-order chi connectivity index (χ0) is 18.8. The molecule has 4 rings (SSSR count). The standard InChI is InChI=1S/C20H19F2N3O2/c21-15-8-7-13(10-16(15)22)11-23-19(26)14-4-3-9-25(12-14)20-24-17-5-1-2-6-18(17)27-20/h1-2,5-8,10,14H,3-4,9,11-12H2,(H,23,26). The molecule has 1 aliphatic heterocycles. The second kappa shape index (κ2) is 7.34. The molecule has 0 radical (unpaired) electrons. The maximum absolute atomic E-state index is 13.3. The van der Waals surface area contributed by atoms with Crippen molar-refractivity contribution in [1.82, 2.24) is 10.3 Å². The van der Waals surface area contributed by atoms with Crippen LogP contribution in [0.15, 0.2) is 46.9 Å². The summed E-state index contributed by atoms with van der Waals surface area (Å²) in [6, 6.07) is 11.7. The van der Waals surface area contributed by atoms with Gasteiger partial charge in [0.25, 0.3) is 6.01 Å². The summed E-state index contributed by atoms with van der Waals surface area (Å²) in [6.07, 6.45) is 1.61. The highest BCUT2D eigenvalue weighted by Gasteiger charge is 2.28. The third kappa shape index (κ3) is 3.77. The van der Waals surface area contributed by atoms with E-state index in [1.165, 1.54) is 6.07 Å². The fraction of sp³-hybridized carbons (Fsp3) is 0.300. The zero-order valence-electron chi connectivity index (χ0n) is 14.6. The highest BCUT2D eigenvalue weighted by Crippen LogP contribution is 2.26. The average molecular weight is 371 g/mol. The van der Waals surface area contributed by atoms with Gasteiger partial charge in [-0.15, -0.1) is 0 Å². The molecule has 3 aromatic rings. The van der Waals surface area contributed by atoms with E-state index in [4.69, 9.17) is 4.42 Å². The van der Waals surface area contributed by atoms with E-state index in [-0.39, 0.29) is 18.4 Å². The Morgan fingerprint density at radius 3 is 2.89 bits per heavy atom. The first-order valence-electron chi connectivity index (χ1n) is 8.92. The number of hydrogen-bond donors (Lipinski definition) is 1. The number of carbonyl (C=O) groups excluding carboxylic acids is 1. The SMILES string of the molecule is O=C(NCc1ccc(F)c(F)c1)C1CCCN(c2nc3ccccc3o2)C1. The third-order valence-corrected chi connectivity index (χ3v) is 4.80. The number of hydrogen-bond acceptors (Lipinski definition) is 4. The van der Waals surface area contributed by atoms with Gasteiger partial charge >= 0.3 is 0 Å². The maximum Gasteiger partial charge on any atom is 0.298 e. The molecule has 2 aromatic carbocycles. The molecule has 1 amide bonds. The van der Waals surface area contributed by atoms with Crippen LogP contribution in [0.2, 0.25) is 0 Å². The Bertz CT molecular complexity index is 940. The summed E-state index contributed by atoms with van der Waals surface area (Å²) in [6.45, 7) is 1.45. The molecule has 1 unspecified atom stereocenters. The molecule has 140 valence electrons. The quantitative estimate of drug-likeness (QED) is 0.761. The number of nitrogens with zero attached hydrogens (tertiary/aromatic N) is 2. The average Bonchev–Trinajstić information content (AvgIpc) is 3.13. The minimum atomic E-state index is -0.915. The van der Waals surface area contributed by atoms with E-state index in [0.717, 1.165) is 42.6 Å². The molecule has 1 saturated heterocycles. The molecule has 2 heterocycles. The monoisotopic (exact) mass is 371 g/mol. The van der Waals surface area contributed by atoms with Crippen molar-refractivity contribution in [2.24, 2.45) is 5.92 Å². The van der Waals surface area contributed by atoms with E-state index in [0.29, 0.717) is 18.1 Å². The molecular weight excluding hydrogens is 352 g/mol. The summed E-state index contributed by atoms with van der Waals surface area (Å²) in [5.74, 6) is -2.13. The number of oxazole rings is 1. The second-order valence-electron chi connectivity index (χ2n) is 6.72. The number of fused-ring (bicyclic) bond motifs is 1. The van der Waals surface area contributed by atoms with Crippen molar-refractivity contribution in [3.05, 3.63) is 59.7 Å². The molecule has 0 bridgehead atoms. The van der Waals surface area contributed by atoms with Gasteiger partial charge in [-0.3, -0.25) is 4.79 Å². The highest BCUT2D eigenvalue weighted by molar-refractivity contribution is 5.79. The Labute approximate surface area is 155 Å². The van der Waals surface area contributed by atoms with Crippen molar-refractivity contribution in [1.29, 1.82) is 0 Å². The van der Waals surface area contributed by atoms with Crippen LogP contribution >= 0.6 is 0 Å². The Morgan fingerprint density at radius 2 is 2.07 bits per heavy atom. The van der Waals surface area contributed by atoms with Crippen molar-refractivity contribution >= 4 is 23.0 Å². The van der Waals surface area contributed by atoms with E-state index >= 15 is 0 Å². The number of para-hydroxylation sites is 2. The van der Waals surface area contributed by atoms with Crippen molar-refractivity contribution in [2.45, 2.75) is 19.4 Å². The van der Waals surface area contributed by atoms with Gasteiger partial charge in [-0.25, -0.2) is 8.78 Å². The number of aromatic nitrogens is 1. The minimum absolute atomic E-state index is 0.111. The molecule has 1 aliphatic rings. The fourth-order valence-corrected chi connectivity index (χ4v) is 3.34. The van der Waals surface area contributed by atoms with Crippen molar-refractivity contribution in [3.63, 3.8) is 0 Å². The van der Waals surface area contributed by atoms with Gasteiger partial charge in [0.05, 0.1) is 5.92 Å². The second-order valence-corrected chi connectivity index (χ2v) is 6.72. The normalized spacial score (nSPS) is 17.3. The number of benzene rings is 2. The summed E-state index contributed by atoms with van der Waals surface area (Å²) in [4.78, 5) is 19.0. The third-order valence-electron chi connectivity index (χ3n) is 4.80. The van der Waals surface area contributed by atoms with Crippen molar-refractivity contribution < 1.29 is 18.0 Å². The van der Waals surface area contributed by atoms with Gasteiger partial charge < -0.3 is 14.6 Å². The molecule has 0 saturated carbocycles. The maximum atomic E-state index is 13.3. The molecule has 1 aromatic heterocycles. The van der Waals surface area contributed by atoms with E-state index in [2.05, 4.69) is 10.3 Å². The fourth-order valence-electron chi connectivity index (χ4n) is 3.34. The highest BCUT2D eigenvalue weighted by atomic mass is 19.2. The van der Waals surface area contributed by atoms with E-state index in [1.54, 1.807) is 0 Å². The van der Waals surface area contributed by atoms with Crippen LogP contribution in [-0.4, -0.2) is 24.0 Å². The topological polar surface area (TPSA) is 58.4 Å². The van der Waals surface area contributed by atoms with E-state index < -0.39 is 11.6 Å². The molecule has 0 spiro atoms. The zero-order valence-corrected chi connectivity index (χ0v) is 14.6. The largest absolute Gasteiger partial charge is 0.423 e. The van der Waals surface area contributed by atoms with Gasteiger partial charge in [0, 0.05) is 19.6 Å². The summed E-state index contributed by atoms with van der Waals surface area (Å²) < 4.78 is 32.1. The minimum Gasteiger partial charge on any atom is -0.423 e. The van der Waals surface area contributed by atoms with Gasteiger partial charge in [-0.1, -0.05) is 18.2 Å². The van der Waals surface area contributed by atoms with Gasteiger partial charge in [-0.05, 0) is 42.7 Å². The van der Waals surface area contributed by atoms with Crippen LogP contribution < -0.4 is 10.2 Å². The predicted octanol–water partition coefficient (Wildman–Crippen LogP) is 3.64. The molecule has 5 nitrogen and oxygen atoms in total. The lowest BCUT2D eigenvalue weighted by molar-refractivity contribution is -0.125. The van der Waals surface area contributed by atoms with Crippen molar-refractivity contribution in [3.8, 4) is 0 Å². The smallest absolute Gasteiger partial charge is 0.298 e. The van der Waals surface area contributed by atoms with E-state index in [1.807, 2.05) is 29.2 Å². The molecule has 0 aliphatic carbocycles. The summed E-state index contributed by atoms with van der Waals surface area (Å²) in [5.41, 5.74) is 2.03. The van der Waals surface area contributed by atoms with E-state index in [9.17, 15) is 13.6 Å². The molecule has 7 heteroatoms. The number of piperidine rings is 1. The summed E-state index contributed by atoms with van der Waals surface area (Å²) >= 11 is 0. The van der Waals surface area contributed by atoms with Crippen LogP contribution in [0.4, 0.5) is 14.8 Å². The first kappa shape index (κ1) is 17.5. The molecule has 1 atom stereocenters. The number of anilines is 1. The Morgan fingerprint density at radius 1 is 1.22 bits per heavy atom. The first-order chi connectivity index (χ1) is 13.1. The molecular formula is C20H19F2N3O2. The van der Waals surface area contributed by atoms with Crippen molar-refractivity contribution in [2.75, 3.05) is 18.0 Å². The summed E-state index contributed by atoms with van der Waals surface area (Å²) in [7, 11) is 0. The van der Waals surface area contributed by atoms with Crippen LogP contribution in [0.25, 0.3) is 11.1 Å². The molecule has 1 N–H and O–H groups in total. The lowest BCUT2D eigenvalue weighted by Crippen LogP contribution is -2.43. The summed E-state index contributed by atoms with van der Waals surface area (Å²) in [5, 5.41) is 2.81. The number of halogens is 2. The Kier molecular flexibility index (Phi) is 4.75. The number of nitrogens with one attached hydrogen (secondary N) is 1. The number of amides is 1. The van der Waals surface area contributed by atoms with Gasteiger partial charge in [0.1, 0.15) is 5.52 Å². The van der Waals surface area contributed by atoms with Crippen LogP contribution in [0.5, 0.6) is 0 Å². The Balaban J connectivity index is 1.39. The number of rotatable bonds is 4. The van der Waals surface area contributed by atoms with Crippen LogP contribution in [0.3, 0.4) is 0 Å². The number of carbonyl (C=O) groups is 1. The lowest BCUT2D eigenvalue weighted by atomic mass is 9.97. The first-order valence-corrected chi connectivity index (χ1v) is 8.92. The molecule has 1 fully saturated rings. The predicted molar refractivity (Wildman–Crippen MR) is 97.2 cm³/mol. The van der Waals surface area contributed by atoms with Gasteiger partial charge in [-0.2, -0.15) is 4.98 Å². The lowest BCUT2D eigenvalue weighted by Gasteiger charge is -2.30. The van der Waals surface area contributed by atoms with Crippen LogP contribution in [0, 0.1) is 17.6 Å². The molecule has 27 heavy (non-hydrogen) atoms. The van der Waals surface area contributed by atoms with Gasteiger partial charge in [0.2, 0.25) is 5.91 Å². The van der Waals surface area contributed by atoms with Gasteiger partial charge in [0.15, 0.2) is 17.2 Å². The van der Waals surface area contributed by atoms with Crippen LogP contribution in [-0.2, 0) is 11.3 Å². The Hall–Kier alpha value is -2.96.